The molecule has 0 aliphatic carbocycles. The Morgan fingerprint density at radius 3 is 2.54 bits per heavy atom. The number of ketones is 1. The third-order valence-electron chi connectivity index (χ3n) is 1.79. The van der Waals surface area contributed by atoms with E-state index >= 15 is 0 Å². The highest BCUT2D eigenvalue weighted by Gasteiger charge is 2.04. The molecule has 0 unspecified atom stereocenters. The molecule has 0 amide bonds. The minimum Gasteiger partial charge on any atom is -0.370 e. The van der Waals surface area contributed by atoms with Crippen molar-refractivity contribution in [1.82, 2.24) is 0 Å². The zero-order valence-electron chi connectivity index (χ0n) is 8.42. The molecule has 4 N–H and O–H groups in total. The second kappa shape index (κ2) is 6.46. The van der Waals surface area contributed by atoms with Gasteiger partial charge in [-0.2, -0.15) is 0 Å². The monoisotopic (exact) mass is 185 g/mol. The fourth-order valence-electron chi connectivity index (χ4n) is 1.24. The predicted octanol–water partition coefficient (Wildman–Crippen LogP) is 0.655. The highest BCUT2D eigenvalue weighted by molar-refractivity contribution is 5.76. The summed E-state index contributed by atoms with van der Waals surface area (Å²) in [6, 6.07) is 0. The smallest absolute Gasteiger partial charge is 0.185 e. The number of nitrogens with zero attached hydrogens (tertiary/aromatic N) is 1. The van der Waals surface area contributed by atoms with Crippen LogP contribution in [-0.4, -0.2) is 18.3 Å². The Balaban J connectivity index is 3.42. The summed E-state index contributed by atoms with van der Waals surface area (Å²) in [5.41, 5.74) is 10.3. The predicted molar refractivity (Wildman–Crippen MR) is 54.4 cm³/mol. The molecule has 0 aromatic heterocycles. The van der Waals surface area contributed by atoms with E-state index in [4.69, 9.17) is 11.5 Å². The summed E-state index contributed by atoms with van der Waals surface area (Å²) in [5, 5.41) is 0. The Bertz CT molecular complexity index is 185. The first-order valence-corrected chi connectivity index (χ1v) is 4.57. The second-order valence-corrected chi connectivity index (χ2v) is 3.46. The first kappa shape index (κ1) is 11.9. The fourth-order valence-corrected chi connectivity index (χ4v) is 1.24. The van der Waals surface area contributed by atoms with Crippen molar-refractivity contribution in [2.24, 2.45) is 22.4 Å². The molecule has 0 bridgehead atoms. The Hall–Kier alpha value is -1.06. The molecule has 0 spiro atoms. The number of rotatable bonds is 6. The number of Topliss-reactive ketones (excluding diaryl/α,β-unsaturated/α-hetero) is 1. The van der Waals surface area contributed by atoms with Gasteiger partial charge in [0.05, 0.1) is 0 Å². The lowest BCUT2D eigenvalue weighted by molar-refractivity contribution is -0.117. The molecule has 0 saturated heterocycles. The molecule has 0 fully saturated rings. The molecular weight excluding hydrogens is 166 g/mol. The first-order valence-electron chi connectivity index (χ1n) is 4.57. The number of aliphatic imine (C=N–C) groups is 1. The quantitative estimate of drug-likeness (QED) is 0.362. The average molecular weight is 185 g/mol. The highest BCUT2D eigenvalue weighted by Crippen LogP contribution is 2.10. The molecule has 4 heteroatoms. The maximum absolute atomic E-state index is 10.7. The van der Waals surface area contributed by atoms with Gasteiger partial charge < -0.3 is 16.3 Å². The summed E-state index contributed by atoms with van der Waals surface area (Å²) in [5.74, 6) is 0.820. The van der Waals surface area contributed by atoms with Gasteiger partial charge in [0.25, 0.3) is 0 Å². The molecule has 0 aliphatic heterocycles. The van der Waals surface area contributed by atoms with Crippen molar-refractivity contribution in [2.75, 3.05) is 6.54 Å². The van der Waals surface area contributed by atoms with Crippen molar-refractivity contribution in [1.29, 1.82) is 0 Å². The first-order chi connectivity index (χ1) is 6.02. The number of carbonyl (C=O) groups is 1. The Morgan fingerprint density at radius 1 is 1.46 bits per heavy atom. The maximum Gasteiger partial charge on any atom is 0.185 e. The molecule has 13 heavy (non-hydrogen) atoms. The topological polar surface area (TPSA) is 81.5 Å². The van der Waals surface area contributed by atoms with Gasteiger partial charge in [-0.15, -0.1) is 0 Å². The Morgan fingerprint density at radius 2 is 2.08 bits per heavy atom. The normalized spacial score (nSPS) is 12.2. The van der Waals surface area contributed by atoms with Crippen LogP contribution in [0.1, 0.15) is 33.1 Å². The molecule has 76 valence electrons. The largest absolute Gasteiger partial charge is 0.370 e. The van der Waals surface area contributed by atoms with Gasteiger partial charge in [0, 0.05) is 13.0 Å². The van der Waals surface area contributed by atoms with E-state index < -0.39 is 0 Å². The summed E-state index contributed by atoms with van der Waals surface area (Å²) in [4.78, 5) is 14.6. The van der Waals surface area contributed by atoms with Crippen molar-refractivity contribution in [3.8, 4) is 0 Å². The van der Waals surface area contributed by atoms with Crippen molar-refractivity contribution in [2.45, 2.75) is 33.1 Å². The van der Waals surface area contributed by atoms with Gasteiger partial charge in [-0.05, 0) is 25.7 Å². The van der Waals surface area contributed by atoms with Gasteiger partial charge >= 0.3 is 0 Å². The number of hydrogen-bond acceptors (Lipinski definition) is 2. The van der Waals surface area contributed by atoms with E-state index in [1.807, 2.05) is 0 Å². The standard InChI is InChI=1S/C9H19N3O/c1-7(6-8(2)13)4-3-5-12-9(10)11/h7H,3-6H2,1-2H3,(H4,10,11,12)/t7-/m0/s1. The molecule has 0 saturated carbocycles. The zero-order chi connectivity index (χ0) is 10.3. The van der Waals surface area contributed by atoms with Crippen LogP contribution < -0.4 is 11.5 Å². The van der Waals surface area contributed by atoms with Gasteiger partial charge in [0.15, 0.2) is 5.96 Å². The van der Waals surface area contributed by atoms with Crippen LogP contribution in [0.5, 0.6) is 0 Å². The molecule has 0 rings (SSSR count). The minimum absolute atomic E-state index is 0.138. The lowest BCUT2D eigenvalue weighted by Crippen LogP contribution is -2.23. The zero-order valence-corrected chi connectivity index (χ0v) is 8.42. The van der Waals surface area contributed by atoms with E-state index in [1.165, 1.54) is 0 Å². The lowest BCUT2D eigenvalue weighted by atomic mass is 10.00. The number of hydrogen-bond donors (Lipinski definition) is 2. The van der Waals surface area contributed by atoms with Crippen molar-refractivity contribution < 1.29 is 4.79 Å². The van der Waals surface area contributed by atoms with Crippen LogP contribution in [0.25, 0.3) is 0 Å². The Labute approximate surface area is 79.4 Å². The summed E-state index contributed by atoms with van der Waals surface area (Å²) in [6.07, 6.45) is 2.59. The van der Waals surface area contributed by atoms with E-state index in [1.54, 1.807) is 6.92 Å². The molecule has 1 atom stereocenters. The van der Waals surface area contributed by atoms with E-state index in [-0.39, 0.29) is 11.7 Å². The van der Waals surface area contributed by atoms with Gasteiger partial charge in [-0.1, -0.05) is 6.92 Å². The molecule has 0 aromatic carbocycles. The summed E-state index contributed by atoms with van der Waals surface area (Å²) in [7, 11) is 0. The number of carbonyl (C=O) groups excluding carboxylic acids is 1. The van der Waals surface area contributed by atoms with Crippen LogP contribution in [0.4, 0.5) is 0 Å². The van der Waals surface area contributed by atoms with Crippen LogP contribution >= 0.6 is 0 Å². The minimum atomic E-state index is 0.138. The van der Waals surface area contributed by atoms with Crippen LogP contribution in [0, 0.1) is 5.92 Å². The Kier molecular flexibility index (Phi) is 5.93. The number of guanidine groups is 1. The van der Waals surface area contributed by atoms with E-state index in [9.17, 15) is 4.79 Å². The second-order valence-electron chi connectivity index (χ2n) is 3.46. The highest BCUT2D eigenvalue weighted by atomic mass is 16.1. The molecule has 0 aromatic rings. The van der Waals surface area contributed by atoms with Crippen LogP contribution in [0.15, 0.2) is 4.99 Å². The van der Waals surface area contributed by atoms with Crippen molar-refractivity contribution >= 4 is 11.7 Å². The van der Waals surface area contributed by atoms with E-state index in [2.05, 4.69) is 11.9 Å². The number of nitrogens with two attached hydrogens (primary N) is 2. The molecule has 0 aliphatic rings. The molecule has 0 heterocycles. The van der Waals surface area contributed by atoms with Gasteiger partial charge in [-0.3, -0.25) is 4.99 Å². The van der Waals surface area contributed by atoms with Gasteiger partial charge in [0.1, 0.15) is 5.78 Å². The van der Waals surface area contributed by atoms with Crippen LogP contribution in [0.2, 0.25) is 0 Å². The molecule has 4 nitrogen and oxygen atoms in total. The summed E-state index contributed by atoms with van der Waals surface area (Å²) >= 11 is 0. The summed E-state index contributed by atoms with van der Waals surface area (Å²) in [6.45, 7) is 4.34. The van der Waals surface area contributed by atoms with Gasteiger partial charge in [-0.25, -0.2) is 0 Å². The summed E-state index contributed by atoms with van der Waals surface area (Å²) < 4.78 is 0. The molecular formula is C9H19N3O. The van der Waals surface area contributed by atoms with Crippen molar-refractivity contribution in [3.05, 3.63) is 0 Å². The lowest BCUT2D eigenvalue weighted by Gasteiger charge is -2.06. The average Bonchev–Trinajstić information content (AvgIpc) is 1.96. The third-order valence-corrected chi connectivity index (χ3v) is 1.79. The SMILES string of the molecule is CC(=O)C[C@@H](C)CCCN=C(N)N. The fraction of sp³-hybridized carbons (Fsp3) is 0.778. The van der Waals surface area contributed by atoms with E-state index in [0.29, 0.717) is 18.9 Å². The third kappa shape index (κ3) is 8.85. The van der Waals surface area contributed by atoms with Crippen molar-refractivity contribution in [3.63, 3.8) is 0 Å². The maximum atomic E-state index is 10.7. The van der Waals surface area contributed by atoms with E-state index in [0.717, 1.165) is 12.8 Å². The van der Waals surface area contributed by atoms with Crippen LogP contribution in [-0.2, 0) is 4.79 Å². The molecule has 0 radical (unpaired) electrons. The van der Waals surface area contributed by atoms with Gasteiger partial charge in [0.2, 0.25) is 0 Å². The van der Waals surface area contributed by atoms with Crippen LogP contribution in [0.3, 0.4) is 0 Å².